The van der Waals surface area contributed by atoms with Gasteiger partial charge in [-0.25, -0.2) is 4.98 Å². The monoisotopic (exact) mass is 281 g/mol. The van der Waals surface area contributed by atoms with Gasteiger partial charge in [0.15, 0.2) is 0 Å². The SMILES string of the molecule is CC.COCC(O)CN1CCN(c2ccccn2)CC1. The van der Waals surface area contributed by atoms with Crippen molar-refractivity contribution in [2.45, 2.75) is 20.0 Å². The van der Waals surface area contributed by atoms with Crippen LogP contribution in [0.2, 0.25) is 0 Å². The fourth-order valence-electron chi connectivity index (χ4n) is 2.24. The fraction of sp³-hybridized carbons (Fsp3) is 0.667. The molecule has 2 rings (SSSR count). The Hall–Kier alpha value is -1.17. The Kier molecular flexibility index (Phi) is 8.18. The summed E-state index contributed by atoms with van der Waals surface area (Å²) in [7, 11) is 1.61. The molecule has 0 spiro atoms. The molecule has 1 aromatic rings. The molecule has 114 valence electrons. The maximum absolute atomic E-state index is 9.69. The normalized spacial score (nSPS) is 17.3. The molecule has 0 amide bonds. The summed E-state index contributed by atoms with van der Waals surface area (Å²) < 4.78 is 4.94. The molecule has 1 N–H and O–H groups in total. The molecule has 1 unspecified atom stereocenters. The van der Waals surface area contributed by atoms with E-state index in [1.807, 2.05) is 38.2 Å². The van der Waals surface area contributed by atoms with Crippen LogP contribution in [0.5, 0.6) is 0 Å². The zero-order chi connectivity index (χ0) is 14.8. The Morgan fingerprint density at radius 1 is 1.25 bits per heavy atom. The second-order valence-electron chi connectivity index (χ2n) is 4.58. The van der Waals surface area contributed by atoms with Crippen LogP contribution in [0, 0.1) is 0 Å². The van der Waals surface area contributed by atoms with Gasteiger partial charge < -0.3 is 14.7 Å². The van der Waals surface area contributed by atoms with Gasteiger partial charge in [0.1, 0.15) is 5.82 Å². The predicted molar refractivity (Wildman–Crippen MR) is 82.1 cm³/mol. The van der Waals surface area contributed by atoms with Crippen molar-refractivity contribution >= 4 is 5.82 Å². The van der Waals surface area contributed by atoms with E-state index in [9.17, 15) is 5.11 Å². The third kappa shape index (κ3) is 5.45. The van der Waals surface area contributed by atoms with E-state index in [1.54, 1.807) is 7.11 Å². The molecule has 0 aromatic carbocycles. The summed E-state index contributed by atoms with van der Waals surface area (Å²) in [4.78, 5) is 8.90. The van der Waals surface area contributed by atoms with Gasteiger partial charge in [0.05, 0.1) is 12.7 Å². The van der Waals surface area contributed by atoms with Crippen molar-refractivity contribution in [2.75, 3.05) is 51.3 Å². The van der Waals surface area contributed by atoms with Crippen molar-refractivity contribution in [3.05, 3.63) is 24.4 Å². The molecule has 0 saturated carbocycles. The first-order valence-corrected chi connectivity index (χ1v) is 7.35. The third-order valence-electron chi connectivity index (χ3n) is 3.17. The van der Waals surface area contributed by atoms with E-state index in [0.29, 0.717) is 13.2 Å². The number of hydrogen-bond donors (Lipinski definition) is 1. The second kappa shape index (κ2) is 9.69. The Morgan fingerprint density at radius 3 is 2.50 bits per heavy atom. The summed E-state index contributed by atoms with van der Waals surface area (Å²) in [6, 6.07) is 5.98. The minimum Gasteiger partial charge on any atom is -0.389 e. The van der Waals surface area contributed by atoms with Crippen LogP contribution in [-0.4, -0.2) is 67.5 Å². The molecule has 1 saturated heterocycles. The number of ether oxygens (including phenoxy) is 1. The van der Waals surface area contributed by atoms with Crippen molar-refractivity contribution in [3.8, 4) is 0 Å². The van der Waals surface area contributed by atoms with Gasteiger partial charge in [-0.05, 0) is 12.1 Å². The molecule has 5 nitrogen and oxygen atoms in total. The highest BCUT2D eigenvalue weighted by atomic mass is 16.5. The summed E-state index contributed by atoms with van der Waals surface area (Å²) in [6.45, 7) is 8.91. The van der Waals surface area contributed by atoms with Crippen LogP contribution >= 0.6 is 0 Å². The maximum Gasteiger partial charge on any atom is 0.128 e. The second-order valence-corrected chi connectivity index (χ2v) is 4.58. The number of aliphatic hydroxyl groups is 1. The molecule has 20 heavy (non-hydrogen) atoms. The Balaban J connectivity index is 0.000000956. The van der Waals surface area contributed by atoms with E-state index in [4.69, 9.17) is 4.74 Å². The van der Waals surface area contributed by atoms with Crippen molar-refractivity contribution in [1.82, 2.24) is 9.88 Å². The highest BCUT2D eigenvalue weighted by molar-refractivity contribution is 5.38. The lowest BCUT2D eigenvalue weighted by Gasteiger charge is -2.36. The van der Waals surface area contributed by atoms with Gasteiger partial charge in [-0.15, -0.1) is 0 Å². The maximum atomic E-state index is 9.69. The molecule has 2 heterocycles. The largest absolute Gasteiger partial charge is 0.389 e. The molecule has 0 radical (unpaired) electrons. The molecular formula is C15H27N3O2. The van der Waals surface area contributed by atoms with Crippen molar-refractivity contribution in [3.63, 3.8) is 0 Å². The zero-order valence-electron chi connectivity index (χ0n) is 12.8. The van der Waals surface area contributed by atoms with Crippen molar-refractivity contribution in [1.29, 1.82) is 0 Å². The number of hydrogen-bond acceptors (Lipinski definition) is 5. The molecule has 1 aliphatic rings. The number of nitrogens with zero attached hydrogens (tertiary/aromatic N) is 3. The average molecular weight is 281 g/mol. The van der Waals surface area contributed by atoms with E-state index >= 15 is 0 Å². The Labute approximate surface area is 122 Å². The molecule has 1 atom stereocenters. The number of pyridine rings is 1. The summed E-state index contributed by atoms with van der Waals surface area (Å²) >= 11 is 0. The number of aliphatic hydroxyl groups excluding tert-OH is 1. The van der Waals surface area contributed by atoms with Crippen molar-refractivity contribution < 1.29 is 9.84 Å². The molecule has 5 heteroatoms. The number of β-amino-alcohol motifs (C(OH)–C–C–N with tert-alkyl or cyclic N) is 1. The Morgan fingerprint density at radius 2 is 1.95 bits per heavy atom. The number of piperazine rings is 1. The topological polar surface area (TPSA) is 48.8 Å². The molecule has 1 aromatic heterocycles. The Bertz CT molecular complexity index is 340. The molecule has 0 bridgehead atoms. The van der Waals surface area contributed by atoms with Gasteiger partial charge in [-0.3, -0.25) is 4.90 Å². The smallest absolute Gasteiger partial charge is 0.128 e. The lowest BCUT2D eigenvalue weighted by Crippen LogP contribution is -2.49. The standard InChI is InChI=1S/C13H21N3O2.C2H6/c1-18-11-12(17)10-15-6-8-16(9-7-15)13-4-2-3-5-14-13;1-2/h2-5,12,17H,6-11H2,1H3;1-2H3. The molecule has 0 aliphatic carbocycles. The fourth-order valence-corrected chi connectivity index (χ4v) is 2.24. The van der Waals surface area contributed by atoms with Gasteiger partial charge in [0.25, 0.3) is 0 Å². The summed E-state index contributed by atoms with van der Waals surface area (Å²) in [5.74, 6) is 1.04. The summed E-state index contributed by atoms with van der Waals surface area (Å²) in [5.41, 5.74) is 0. The van der Waals surface area contributed by atoms with Gasteiger partial charge >= 0.3 is 0 Å². The lowest BCUT2D eigenvalue weighted by molar-refractivity contribution is 0.0365. The number of aromatic nitrogens is 1. The summed E-state index contributed by atoms with van der Waals surface area (Å²) in [6.07, 6.45) is 1.43. The van der Waals surface area contributed by atoms with Crippen LogP contribution in [0.25, 0.3) is 0 Å². The number of anilines is 1. The quantitative estimate of drug-likeness (QED) is 0.880. The summed E-state index contributed by atoms with van der Waals surface area (Å²) in [5, 5.41) is 9.69. The van der Waals surface area contributed by atoms with Crippen LogP contribution in [0.4, 0.5) is 5.82 Å². The van der Waals surface area contributed by atoms with Gasteiger partial charge in [0, 0.05) is 46.0 Å². The van der Waals surface area contributed by atoms with Gasteiger partial charge in [0.2, 0.25) is 0 Å². The first kappa shape index (κ1) is 16.9. The average Bonchev–Trinajstić information content (AvgIpc) is 2.51. The van der Waals surface area contributed by atoms with Gasteiger partial charge in [-0.2, -0.15) is 0 Å². The van der Waals surface area contributed by atoms with Crippen LogP contribution in [-0.2, 0) is 4.74 Å². The zero-order valence-corrected chi connectivity index (χ0v) is 12.8. The van der Waals surface area contributed by atoms with E-state index < -0.39 is 6.10 Å². The van der Waals surface area contributed by atoms with Crippen molar-refractivity contribution in [2.24, 2.45) is 0 Å². The first-order chi connectivity index (χ1) is 9.79. The molecule has 1 aliphatic heterocycles. The molecule has 1 fully saturated rings. The van der Waals surface area contributed by atoms with E-state index in [2.05, 4.69) is 14.8 Å². The lowest BCUT2D eigenvalue weighted by atomic mass is 10.2. The van der Waals surface area contributed by atoms with Crippen LogP contribution in [0.1, 0.15) is 13.8 Å². The minimum absolute atomic E-state index is 0.392. The van der Waals surface area contributed by atoms with E-state index in [1.165, 1.54) is 0 Å². The van der Waals surface area contributed by atoms with Crippen LogP contribution in [0.15, 0.2) is 24.4 Å². The first-order valence-electron chi connectivity index (χ1n) is 7.35. The molecular weight excluding hydrogens is 254 g/mol. The highest BCUT2D eigenvalue weighted by Crippen LogP contribution is 2.12. The highest BCUT2D eigenvalue weighted by Gasteiger charge is 2.19. The third-order valence-corrected chi connectivity index (χ3v) is 3.17. The van der Waals surface area contributed by atoms with E-state index in [0.717, 1.165) is 32.0 Å². The van der Waals surface area contributed by atoms with Crippen LogP contribution in [0.3, 0.4) is 0 Å². The number of methoxy groups -OCH3 is 1. The number of rotatable bonds is 5. The van der Waals surface area contributed by atoms with Crippen LogP contribution < -0.4 is 4.90 Å². The van der Waals surface area contributed by atoms with Gasteiger partial charge in [-0.1, -0.05) is 19.9 Å². The minimum atomic E-state index is -0.392. The predicted octanol–water partition coefficient (Wildman–Crippen LogP) is 1.24. The van der Waals surface area contributed by atoms with E-state index in [-0.39, 0.29) is 0 Å².